The first-order chi connectivity index (χ1) is 6.09. The van der Waals surface area contributed by atoms with Gasteiger partial charge in [-0.1, -0.05) is 13.8 Å². The molecule has 0 aromatic carbocycles. The maximum Gasteiger partial charge on any atom is 0.407 e. The van der Waals surface area contributed by atoms with E-state index in [1.54, 1.807) is 0 Å². The SMILES string of the molecule is CC(C)CO[C@@H]1CCN(C(=O)O)C1. The first-order valence-electron chi connectivity index (χ1n) is 4.69. The number of carbonyl (C=O) groups is 1. The Bertz CT molecular complexity index is 182. The summed E-state index contributed by atoms with van der Waals surface area (Å²) in [5.74, 6) is 0.513. The lowest BCUT2D eigenvalue weighted by molar-refractivity contribution is 0.0418. The normalized spacial score (nSPS) is 22.7. The van der Waals surface area contributed by atoms with Crippen molar-refractivity contribution in [1.82, 2.24) is 4.90 Å². The van der Waals surface area contributed by atoms with Gasteiger partial charge in [-0.3, -0.25) is 0 Å². The Morgan fingerprint density at radius 2 is 2.38 bits per heavy atom. The third-order valence-corrected chi connectivity index (χ3v) is 2.08. The highest BCUT2D eigenvalue weighted by molar-refractivity contribution is 5.65. The average molecular weight is 187 g/mol. The van der Waals surface area contributed by atoms with Gasteiger partial charge in [0.05, 0.1) is 12.6 Å². The highest BCUT2D eigenvalue weighted by Gasteiger charge is 2.26. The molecule has 1 aliphatic rings. The van der Waals surface area contributed by atoms with Gasteiger partial charge in [0.1, 0.15) is 0 Å². The summed E-state index contributed by atoms with van der Waals surface area (Å²) in [6.45, 7) is 6.03. The molecule has 0 spiro atoms. The predicted octanol–water partition coefficient (Wildman–Crippen LogP) is 1.41. The Morgan fingerprint density at radius 1 is 1.69 bits per heavy atom. The molecular formula is C9H17NO3. The van der Waals surface area contributed by atoms with E-state index in [1.807, 2.05) is 0 Å². The summed E-state index contributed by atoms with van der Waals surface area (Å²) in [6.07, 6.45) is 0.105. The molecule has 76 valence electrons. The lowest BCUT2D eigenvalue weighted by Gasteiger charge is -2.14. The standard InChI is InChI=1S/C9H17NO3/c1-7(2)6-13-8-3-4-10(5-8)9(11)12/h7-8H,3-6H2,1-2H3,(H,11,12)/t8-/m1/s1. The molecule has 1 aliphatic heterocycles. The minimum atomic E-state index is -0.837. The van der Waals surface area contributed by atoms with E-state index in [-0.39, 0.29) is 6.10 Å². The highest BCUT2D eigenvalue weighted by Crippen LogP contribution is 2.13. The van der Waals surface area contributed by atoms with Crippen molar-refractivity contribution in [3.8, 4) is 0 Å². The number of ether oxygens (including phenoxy) is 1. The van der Waals surface area contributed by atoms with Crippen LogP contribution >= 0.6 is 0 Å². The van der Waals surface area contributed by atoms with Gasteiger partial charge in [-0.2, -0.15) is 0 Å². The van der Waals surface area contributed by atoms with Crippen LogP contribution < -0.4 is 0 Å². The van der Waals surface area contributed by atoms with Gasteiger partial charge in [-0.25, -0.2) is 4.79 Å². The van der Waals surface area contributed by atoms with Crippen LogP contribution in [-0.4, -0.2) is 41.9 Å². The van der Waals surface area contributed by atoms with Crippen LogP contribution in [0.15, 0.2) is 0 Å². The molecule has 0 unspecified atom stereocenters. The second-order valence-corrected chi connectivity index (χ2v) is 3.87. The smallest absolute Gasteiger partial charge is 0.407 e. The Kier molecular flexibility index (Phi) is 3.54. The molecule has 0 aromatic heterocycles. The second-order valence-electron chi connectivity index (χ2n) is 3.87. The van der Waals surface area contributed by atoms with Crippen LogP contribution in [0.1, 0.15) is 20.3 Å². The third-order valence-electron chi connectivity index (χ3n) is 2.08. The average Bonchev–Trinajstić information content (AvgIpc) is 2.48. The van der Waals surface area contributed by atoms with Crippen LogP contribution in [0, 0.1) is 5.92 Å². The fourth-order valence-electron chi connectivity index (χ4n) is 1.37. The van der Waals surface area contributed by atoms with Gasteiger partial charge in [0.25, 0.3) is 0 Å². The van der Waals surface area contributed by atoms with Gasteiger partial charge in [0, 0.05) is 13.2 Å². The Balaban J connectivity index is 2.21. The number of likely N-dealkylation sites (tertiary alicyclic amines) is 1. The van der Waals surface area contributed by atoms with Gasteiger partial charge in [-0.05, 0) is 12.3 Å². The fourth-order valence-corrected chi connectivity index (χ4v) is 1.37. The summed E-state index contributed by atoms with van der Waals surface area (Å²) < 4.78 is 5.54. The van der Waals surface area contributed by atoms with Crippen LogP contribution in [0.5, 0.6) is 0 Å². The van der Waals surface area contributed by atoms with Crippen LogP contribution in [0.3, 0.4) is 0 Å². The molecule has 1 amide bonds. The van der Waals surface area contributed by atoms with Gasteiger partial charge in [0.15, 0.2) is 0 Å². The van der Waals surface area contributed by atoms with Gasteiger partial charge < -0.3 is 14.7 Å². The molecular weight excluding hydrogens is 170 g/mol. The molecule has 4 heteroatoms. The Hall–Kier alpha value is -0.770. The van der Waals surface area contributed by atoms with Crippen LogP contribution in [0.4, 0.5) is 4.79 Å². The minimum Gasteiger partial charge on any atom is -0.465 e. The lowest BCUT2D eigenvalue weighted by Crippen LogP contribution is -2.28. The molecule has 13 heavy (non-hydrogen) atoms. The summed E-state index contributed by atoms with van der Waals surface area (Å²) in [6, 6.07) is 0. The quantitative estimate of drug-likeness (QED) is 0.726. The zero-order valence-corrected chi connectivity index (χ0v) is 8.19. The van der Waals surface area contributed by atoms with Crippen molar-refractivity contribution in [3.05, 3.63) is 0 Å². The largest absolute Gasteiger partial charge is 0.465 e. The number of rotatable bonds is 3. The first-order valence-corrected chi connectivity index (χ1v) is 4.69. The Morgan fingerprint density at radius 3 is 2.85 bits per heavy atom. The maximum atomic E-state index is 10.6. The fraction of sp³-hybridized carbons (Fsp3) is 0.889. The monoisotopic (exact) mass is 187 g/mol. The molecule has 0 aromatic rings. The molecule has 0 bridgehead atoms. The molecule has 4 nitrogen and oxygen atoms in total. The lowest BCUT2D eigenvalue weighted by atomic mass is 10.2. The van der Waals surface area contributed by atoms with E-state index in [4.69, 9.17) is 9.84 Å². The molecule has 1 fully saturated rings. The topological polar surface area (TPSA) is 49.8 Å². The summed E-state index contributed by atoms with van der Waals surface area (Å²) >= 11 is 0. The third kappa shape index (κ3) is 3.22. The van der Waals surface area contributed by atoms with E-state index < -0.39 is 6.09 Å². The van der Waals surface area contributed by atoms with Crippen molar-refractivity contribution in [1.29, 1.82) is 0 Å². The van der Waals surface area contributed by atoms with Gasteiger partial charge in [0.2, 0.25) is 0 Å². The summed E-state index contributed by atoms with van der Waals surface area (Å²) in [7, 11) is 0. The van der Waals surface area contributed by atoms with E-state index in [9.17, 15) is 4.79 Å². The van der Waals surface area contributed by atoms with E-state index in [0.717, 1.165) is 13.0 Å². The molecule has 1 saturated heterocycles. The molecule has 0 saturated carbocycles. The Labute approximate surface area is 78.5 Å². The van der Waals surface area contributed by atoms with Crippen molar-refractivity contribution < 1.29 is 14.6 Å². The van der Waals surface area contributed by atoms with Crippen molar-refractivity contribution in [2.24, 2.45) is 5.92 Å². The number of amides is 1. The van der Waals surface area contributed by atoms with E-state index in [2.05, 4.69) is 13.8 Å². The second kappa shape index (κ2) is 4.46. The van der Waals surface area contributed by atoms with Crippen molar-refractivity contribution in [2.45, 2.75) is 26.4 Å². The molecule has 1 atom stereocenters. The van der Waals surface area contributed by atoms with Crippen molar-refractivity contribution in [2.75, 3.05) is 19.7 Å². The van der Waals surface area contributed by atoms with Gasteiger partial charge >= 0.3 is 6.09 Å². The summed E-state index contributed by atoms with van der Waals surface area (Å²) in [4.78, 5) is 12.0. The van der Waals surface area contributed by atoms with Crippen molar-refractivity contribution >= 4 is 6.09 Å². The first kappa shape index (κ1) is 10.3. The van der Waals surface area contributed by atoms with Crippen molar-refractivity contribution in [3.63, 3.8) is 0 Å². The van der Waals surface area contributed by atoms with Crippen LogP contribution in [0.2, 0.25) is 0 Å². The molecule has 0 aliphatic carbocycles. The molecule has 1 rings (SSSR count). The molecule has 1 N–H and O–H groups in total. The van der Waals surface area contributed by atoms with Crippen LogP contribution in [0.25, 0.3) is 0 Å². The predicted molar refractivity (Wildman–Crippen MR) is 48.8 cm³/mol. The molecule has 0 radical (unpaired) electrons. The van der Waals surface area contributed by atoms with Crippen LogP contribution in [-0.2, 0) is 4.74 Å². The van der Waals surface area contributed by atoms with Gasteiger partial charge in [-0.15, -0.1) is 0 Å². The number of nitrogens with zero attached hydrogens (tertiary/aromatic N) is 1. The number of hydrogen-bond donors (Lipinski definition) is 1. The zero-order chi connectivity index (χ0) is 9.84. The number of hydrogen-bond acceptors (Lipinski definition) is 2. The summed E-state index contributed by atoms with van der Waals surface area (Å²) in [5.41, 5.74) is 0. The highest BCUT2D eigenvalue weighted by atomic mass is 16.5. The zero-order valence-electron chi connectivity index (χ0n) is 8.19. The van der Waals surface area contributed by atoms with E-state index >= 15 is 0 Å². The van der Waals surface area contributed by atoms with E-state index in [1.165, 1.54) is 4.90 Å². The minimum absolute atomic E-state index is 0.110. The number of carboxylic acid groups (broad SMARTS) is 1. The maximum absolute atomic E-state index is 10.6. The molecule has 1 heterocycles. The summed E-state index contributed by atoms with van der Waals surface area (Å²) in [5, 5.41) is 8.68. The van der Waals surface area contributed by atoms with E-state index in [0.29, 0.717) is 19.0 Å².